The normalized spacial score (nSPS) is 18.3. The van der Waals surface area contributed by atoms with Gasteiger partial charge in [-0.15, -0.1) is 0 Å². The molecule has 1 atom stereocenters. The number of ketones is 1. The summed E-state index contributed by atoms with van der Waals surface area (Å²) in [6.07, 6.45) is 1.40. The van der Waals surface area contributed by atoms with E-state index in [4.69, 9.17) is 0 Å². The van der Waals surface area contributed by atoms with Crippen LogP contribution in [-0.4, -0.2) is 39.8 Å². The second-order valence-corrected chi connectivity index (χ2v) is 5.48. The predicted octanol–water partition coefficient (Wildman–Crippen LogP) is 1.55. The van der Waals surface area contributed by atoms with Crippen LogP contribution >= 0.6 is 0 Å². The summed E-state index contributed by atoms with van der Waals surface area (Å²) in [6, 6.07) is 0.825. The number of aryl methyl sites for hydroxylation is 1. The van der Waals surface area contributed by atoms with E-state index in [1.54, 1.807) is 6.07 Å². The Morgan fingerprint density at radius 1 is 1.33 bits per heavy atom. The lowest BCUT2D eigenvalue weighted by atomic mass is 10.1. The maximum Gasteiger partial charge on any atom is 0.325 e. The number of nitrogens with zero attached hydrogens (tertiary/aromatic N) is 2. The SMILES string of the molecule is CCCC1NC(=O)N(CC(=O)c2cc(C)n(C)c2C)C1=O. The summed E-state index contributed by atoms with van der Waals surface area (Å²) < 4.78 is 1.92. The van der Waals surface area contributed by atoms with Crippen molar-refractivity contribution in [3.05, 3.63) is 23.0 Å². The molecule has 21 heavy (non-hydrogen) atoms. The lowest BCUT2D eigenvalue weighted by Gasteiger charge is -2.12. The van der Waals surface area contributed by atoms with Crippen LogP contribution in [0.3, 0.4) is 0 Å². The molecule has 0 aliphatic carbocycles. The summed E-state index contributed by atoms with van der Waals surface area (Å²) in [4.78, 5) is 37.3. The Bertz CT molecular complexity index is 604. The molecule has 0 bridgehead atoms. The first-order valence-electron chi connectivity index (χ1n) is 7.14. The largest absolute Gasteiger partial charge is 0.351 e. The van der Waals surface area contributed by atoms with Crippen molar-refractivity contribution in [1.29, 1.82) is 0 Å². The number of aromatic nitrogens is 1. The second kappa shape index (κ2) is 5.71. The van der Waals surface area contributed by atoms with E-state index >= 15 is 0 Å². The number of carbonyl (C=O) groups excluding carboxylic acids is 3. The van der Waals surface area contributed by atoms with Crippen molar-refractivity contribution in [2.75, 3.05) is 6.54 Å². The zero-order chi connectivity index (χ0) is 15.7. The standard InChI is InChI=1S/C15H21N3O3/c1-5-6-12-14(20)18(15(21)16-12)8-13(19)11-7-9(2)17(4)10(11)3/h7,12H,5-6,8H2,1-4H3,(H,16,21). The quantitative estimate of drug-likeness (QED) is 0.661. The summed E-state index contributed by atoms with van der Waals surface area (Å²) in [6.45, 7) is 5.51. The summed E-state index contributed by atoms with van der Waals surface area (Å²) in [5, 5.41) is 2.62. The van der Waals surface area contributed by atoms with Gasteiger partial charge in [-0.3, -0.25) is 14.5 Å². The van der Waals surface area contributed by atoms with E-state index in [0.717, 1.165) is 22.7 Å². The molecule has 6 nitrogen and oxygen atoms in total. The molecule has 1 aromatic rings. The van der Waals surface area contributed by atoms with Crippen molar-refractivity contribution in [2.24, 2.45) is 7.05 Å². The topological polar surface area (TPSA) is 71.4 Å². The molecule has 3 amide bonds. The fourth-order valence-corrected chi connectivity index (χ4v) is 2.58. The van der Waals surface area contributed by atoms with E-state index in [0.29, 0.717) is 12.0 Å². The van der Waals surface area contributed by atoms with Crippen LogP contribution in [0, 0.1) is 13.8 Å². The van der Waals surface area contributed by atoms with Crippen molar-refractivity contribution in [3.8, 4) is 0 Å². The molecule has 2 rings (SSSR count). The van der Waals surface area contributed by atoms with Crippen LogP contribution < -0.4 is 5.32 Å². The van der Waals surface area contributed by atoms with Crippen molar-refractivity contribution in [1.82, 2.24) is 14.8 Å². The fourth-order valence-electron chi connectivity index (χ4n) is 2.58. The molecule has 1 aliphatic heterocycles. The van der Waals surface area contributed by atoms with Crippen LogP contribution in [0.25, 0.3) is 0 Å². The Labute approximate surface area is 124 Å². The highest BCUT2D eigenvalue weighted by Crippen LogP contribution is 2.16. The molecular weight excluding hydrogens is 270 g/mol. The third kappa shape index (κ3) is 2.70. The van der Waals surface area contributed by atoms with Crippen LogP contribution in [0.4, 0.5) is 4.79 Å². The van der Waals surface area contributed by atoms with Crippen molar-refractivity contribution in [2.45, 2.75) is 39.7 Å². The highest BCUT2D eigenvalue weighted by molar-refractivity contribution is 6.09. The Hall–Kier alpha value is -2.11. The molecule has 1 unspecified atom stereocenters. The van der Waals surface area contributed by atoms with Gasteiger partial charge in [0.1, 0.15) is 6.04 Å². The minimum Gasteiger partial charge on any atom is -0.351 e. The second-order valence-electron chi connectivity index (χ2n) is 5.48. The number of hydrogen-bond acceptors (Lipinski definition) is 3. The van der Waals surface area contributed by atoms with E-state index in [-0.39, 0.29) is 18.2 Å². The number of Topliss-reactive ketones (excluding diaryl/α,β-unsaturated/α-hetero) is 1. The Kier molecular flexibility index (Phi) is 4.16. The molecule has 1 fully saturated rings. The van der Waals surface area contributed by atoms with Crippen molar-refractivity contribution in [3.63, 3.8) is 0 Å². The summed E-state index contributed by atoms with van der Waals surface area (Å²) >= 11 is 0. The third-order valence-electron chi connectivity index (χ3n) is 4.06. The molecule has 0 aromatic carbocycles. The van der Waals surface area contributed by atoms with Gasteiger partial charge in [0.25, 0.3) is 5.91 Å². The predicted molar refractivity (Wildman–Crippen MR) is 78.2 cm³/mol. The first-order valence-corrected chi connectivity index (χ1v) is 7.14. The summed E-state index contributed by atoms with van der Waals surface area (Å²) in [5.74, 6) is -0.516. The number of nitrogens with one attached hydrogen (secondary N) is 1. The molecule has 1 aliphatic rings. The zero-order valence-electron chi connectivity index (χ0n) is 12.9. The number of amides is 3. The van der Waals surface area contributed by atoms with E-state index in [2.05, 4.69) is 5.32 Å². The zero-order valence-corrected chi connectivity index (χ0v) is 12.9. The summed E-state index contributed by atoms with van der Waals surface area (Å²) in [5.41, 5.74) is 2.38. The maximum absolute atomic E-state index is 12.4. The first-order chi connectivity index (χ1) is 9.86. The van der Waals surface area contributed by atoms with Gasteiger partial charge in [-0.05, 0) is 26.3 Å². The van der Waals surface area contributed by atoms with E-state index < -0.39 is 12.1 Å². The van der Waals surface area contributed by atoms with Gasteiger partial charge in [-0.1, -0.05) is 13.3 Å². The fraction of sp³-hybridized carbons (Fsp3) is 0.533. The smallest absolute Gasteiger partial charge is 0.325 e. The molecule has 1 aromatic heterocycles. The molecule has 1 saturated heterocycles. The summed E-state index contributed by atoms with van der Waals surface area (Å²) in [7, 11) is 1.88. The van der Waals surface area contributed by atoms with Crippen LogP contribution in [0.2, 0.25) is 0 Å². The Morgan fingerprint density at radius 2 is 2.00 bits per heavy atom. The van der Waals surface area contributed by atoms with Crippen LogP contribution in [0.1, 0.15) is 41.5 Å². The number of carbonyl (C=O) groups is 3. The van der Waals surface area contributed by atoms with Gasteiger partial charge in [0, 0.05) is 24.0 Å². The first kappa shape index (κ1) is 15.3. The van der Waals surface area contributed by atoms with Gasteiger partial charge in [-0.2, -0.15) is 0 Å². The number of urea groups is 1. The molecule has 0 radical (unpaired) electrons. The minimum absolute atomic E-state index is 0.199. The minimum atomic E-state index is -0.492. The van der Waals surface area contributed by atoms with Gasteiger partial charge in [0.05, 0.1) is 6.54 Å². The van der Waals surface area contributed by atoms with Gasteiger partial charge in [-0.25, -0.2) is 4.79 Å². The van der Waals surface area contributed by atoms with Crippen molar-refractivity contribution < 1.29 is 14.4 Å². The Morgan fingerprint density at radius 3 is 2.52 bits per heavy atom. The van der Waals surface area contributed by atoms with Crippen molar-refractivity contribution >= 4 is 17.7 Å². The molecule has 6 heteroatoms. The average Bonchev–Trinajstić information content (AvgIpc) is 2.84. The molecule has 1 N–H and O–H groups in total. The average molecular weight is 291 g/mol. The Balaban J connectivity index is 2.14. The monoisotopic (exact) mass is 291 g/mol. The lowest BCUT2D eigenvalue weighted by Crippen LogP contribution is -2.36. The van der Waals surface area contributed by atoms with E-state index in [1.165, 1.54) is 0 Å². The number of imide groups is 1. The molecule has 2 heterocycles. The number of hydrogen-bond donors (Lipinski definition) is 1. The maximum atomic E-state index is 12.4. The van der Waals surface area contributed by atoms with Gasteiger partial charge < -0.3 is 9.88 Å². The van der Waals surface area contributed by atoms with E-state index in [9.17, 15) is 14.4 Å². The van der Waals surface area contributed by atoms with Gasteiger partial charge >= 0.3 is 6.03 Å². The molecular formula is C15H21N3O3. The van der Waals surface area contributed by atoms with Crippen LogP contribution in [0.5, 0.6) is 0 Å². The van der Waals surface area contributed by atoms with Crippen LogP contribution in [-0.2, 0) is 11.8 Å². The third-order valence-corrected chi connectivity index (χ3v) is 4.06. The van der Waals surface area contributed by atoms with Gasteiger partial charge in [0.15, 0.2) is 5.78 Å². The highest BCUT2D eigenvalue weighted by Gasteiger charge is 2.38. The number of rotatable bonds is 5. The van der Waals surface area contributed by atoms with E-state index in [1.807, 2.05) is 32.4 Å². The molecule has 114 valence electrons. The van der Waals surface area contributed by atoms with Gasteiger partial charge in [0.2, 0.25) is 0 Å². The van der Waals surface area contributed by atoms with Crippen LogP contribution in [0.15, 0.2) is 6.07 Å². The molecule has 0 saturated carbocycles. The molecule has 0 spiro atoms. The highest BCUT2D eigenvalue weighted by atomic mass is 16.2. The lowest BCUT2D eigenvalue weighted by molar-refractivity contribution is -0.127.